The summed E-state index contributed by atoms with van der Waals surface area (Å²) in [6.07, 6.45) is -0.803. The zero-order chi connectivity index (χ0) is 7.61. The number of halogens is 3. The summed E-state index contributed by atoms with van der Waals surface area (Å²) in [6, 6.07) is 2.03. The van der Waals surface area contributed by atoms with E-state index in [1.54, 1.807) is 0 Å². The van der Waals surface area contributed by atoms with Crippen LogP contribution in [0.4, 0.5) is 13.2 Å². The molecule has 1 rings (SSSR count). The van der Waals surface area contributed by atoms with Gasteiger partial charge in [-0.3, -0.25) is 0 Å². The molecule has 0 saturated heterocycles. The molecule has 0 N–H and O–H groups in total. The van der Waals surface area contributed by atoms with E-state index in [4.69, 9.17) is 0 Å². The molecule has 0 unspecified atom stereocenters. The van der Waals surface area contributed by atoms with Crippen LogP contribution in [0.15, 0.2) is 0 Å². The van der Waals surface area contributed by atoms with Gasteiger partial charge in [0.15, 0.2) is 0 Å². The predicted octanol–water partition coefficient (Wildman–Crippen LogP) is 0.896. The molecule has 0 spiro atoms. The minimum atomic E-state index is -4.51. The Bertz CT molecular complexity index is 206. The molecule has 0 saturated carbocycles. The Morgan fingerprint density at radius 2 is 1.60 bits per heavy atom. The van der Waals surface area contributed by atoms with E-state index in [2.05, 4.69) is 9.97 Å². The normalized spacial score (nSPS) is 11.5. The van der Waals surface area contributed by atoms with Crippen LogP contribution in [0.3, 0.4) is 0 Å². The standard InChI is InChI=1S/C5F3N2/c6-5(7,8)4-9-2-1-3-10-4. The highest BCUT2D eigenvalue weighted by molar-refractivity contribution is 4.89. The number of hydrogen-bond acceptors (Lipinski definition) is 2. The summed E-state index contributed by atoms with van der Waals surface area (Å²) in [5, 5.41) is 0. The molecule has 0 aromatic carbocycles. The van der Waals surface area contributed by atoms with Gasteiger partial charge in [0, 0.05) is 6.07 Å². The first kappa shape index (κ1) is 6.98. The summed E-state index contributed by atoms with van der Waals surface area (Å²) < 4.78 is 34.8. The van der Waals surface area contributed by atoms with Gasteiger partial charge in [-0.15, -0.1) is 0 Å². The first-order chi connectivity index (χ1) is 4.61. The van der Waals surface area contributed by atoms with Crippen molar-refractivity contribution in [3.63, 3.8) is 0 Å². The molecule has 0 atom stereocenters. The lowest BCUT2D eigenvalue weighted by Crippen LogP contribution is -2.09. The topological polar surface area (TPSA) is 25.8 Å². The van der Waals surface area contributed by atoms with E-state index in [1.807, 2.05) is 18.5 Å². The van der Waals surface area contributed by atoms with Crippen molar-refractivity contribution in [2.24, 2.45) is 0 Å². The molecule has 51 valence electrons. The lowest BCUT2D eigenvalue weighted by atomic mass is 10.5. The van der Waals surface area contributed by atoms with Crippen molar-refractivity contribution in [1.29, 1.82) is 0 Å². The minimum absolute atomic E-state index is 1.24. The van der Waals surface area contributed by atoms with Crippen molar-refractivity contribution < 1.29 is 13.2 Å². The quantitative estimate of drug-likeness (QED) is 0.541. The van der Waals surface area contributed by atoms with Gasteiger partial charge in [-0.1, -0.05) is 0 Å². The van der Waals surface area contributed by atoms with Gasteiger partial charge in [0.25, 0.3) is 0 Å². The Hall–Kier alpha value is -1.13. The third-order valence-electron chi connectivity index (χ3n) is 0.689. The van der Waals surface area contributed by atoms with E-state index in [9.17, 15) is 13.2 Å². The Balaban J connectivity index is 2.97. The minimum Gasteiger partial charge on any atom is -0.222 e. The molecule has 0 bridgehead atoms. The van der Waals surface area contributed by atoms with E-state index >= 15 is 0 Å². The summed E-state index contributed by atoms with van der Waals surface area (Å²) in [6.45, 7) is 0. The third kappa shape index (κ3) is 1.43. The van der Waals surface area contributed by atoms with Crippen LogP contribution in [0.1, 0.15) is 5.82 Å². The van der Waals surface area contributed by atoms with Crippen molar-refractivity contribution in [2.75, 3.05) is 0 Å². The summed E-state index contributed by atoms with van der Waals surface area (Å²) >= 11 is 0. The van der Waals surface area contributed by atoms with Crippen LogP contribution in [0, 0.1) is 18.5 Å². The van der Waals surface area contributed by atoms with Gasteiger partial charge in [-0.05, 0) is 0 Å². The second-order valence-corrected chi connectivity index (χ2v) is 1.39. The van der Waals surface area contributed by atoms with Crippen LogP contribution in [0.25, 0.3) is 0 Å². The highest BCUT2D eigenvalue weighted by Gasteiger charge is 2.33. The molecule has 0 aliphatic carbocycles. The summed E-state index contributed by atoms with van der Waals surface area (Å²) in [5.74, 6) is -1.24. The number of hydrogen-bond donors (Lipinski definition) is 0. The molecule has 0 aliphatic heterocycles. The fourth-order valence-corrected chi connectivity index (χ4v) is 0.339. The van der Waals surface area contributed by atoms with Gasteiger partial charge >= 0.3 is 6.18 Å². The fourth-order valence-electron chi connectivity index (χ4n) is 0.339. The van der Waals surface area contributed by atoms with E-state index in [0.717, 1.165) is 0 Å². The van der Waals surface area contributed by atoms with E-state index in [0.29, 0.717) is 0 Å². The predicted molar refractivity (Wildman–Crippen MR) is 23.5 cm³/mol. The molecule has 10 heavy (non-hydrogen) atoms. The van der Waals surface area contributed by atoms with E-state index < -0.39 is 12.0 Å². The zero-order valence-electron chi connectivity index (χ0n) is 4.53. The molecule has 3 radical (unpaired) electrons. The molecule has 1 heterocycles. The lowest BCUT2D eigenvalue weighted by Gasteiger charge is -2.00. The van der Waals surface area contributed by atoms with Crippen LogP contribution in [-0.2, 0) is 6.18 Å². The molecule has 0 amide bonds. The number of aromatic nitrogens is 2. The number of alkyl halides is 3. The Kier molecular flexibility index (Phi) is 1.57. The molecular formula is C5F3N2. The monoisotopic (exact) mass is 145 g/mol. The molecule has 1 aromatic heterocycles. The van der Waals surface area contributed by atoms with Crippen LogP contribution in [0.2, 0.25) is 0 Å². The first-order valence-corrected chi connectivity index (χ1v) is 2.21. The van der Waals surface area contributed by atoms with Crippen molar-refractivity contribution in [3.05, 3.63) is 24.3 Å². The first-order valence-electron chi connectivity index (χ1n) is 2.21. The Morgan fingerprint density at radius 3 is 1.90 bits per heavy atom. The highest BCUT2D eigenvalue weighted by atomic mass is 19.4. The fraction of sp³-hybridized carbons (Fsp3) is 0.200. The molecule has 5 heteroatoms. The van der Waals surface area contributed by atoms with Gasteiger partial charge < -0.3 is 0 Å². The summed E-state index contributed by atoms with van der Waals surface area (Å²) in [4.78, 5) is 5.60. The Labute approximate surface area is 54.7 Å². The maximum atomic E-state index is 11.6. The van der Waals surface area contributed by atoms with Crippen molar-refractivity contribution in [3.8, 4) is 0 Å². The van der Waals surface area contributed by atoms with Gasteiger partial charge in [-0.2, -0.15) is 13.2 Å². The maximum Gasteiger partial charge on any atom is 0.451 e. The van der Waals surface area contributed by atoms with Crippen LogP contribution in [-0.4, -0.2) is 9.97 Å². The van der Waals surface area contributed by atoms with E-state index in [-0.39, 0.29) is 0 Å². The van der Waals surface area contributed by atoms with Crippen molar-refractivity contribution in [2.45, 2.75) is 6.18 Å². The van der Waals surface area contributed by atoms with Crippen molar-refractivity contribution >= 4 is 0 Å². The summed E-state index contributed by atoms with van der Waals surface area (Å²) in [5.41, 5.74) is 0. The lowest BCUT2D eigenvalue weighted by molar-refractivity contribution is -0.145. The van der Waals surface area contributed by atoms with Crippen LogP contribution >= 0.6 is 0 Å². The Morgan fingerprint density at radius 1 is 1.10 bits per heavy atom. The maximum absolute atomic E-state index is 11.6. The highest BCUT2D eigenvalue weighted by Crippen LogP contribution is 2.24. The molecule has 0 aliphatic rings. The van der Waals surface area contributed by atoms with Gasteiger partial charge in [0.2, 0.25) is 5.82 Å². The second kappa shape index (κ2) is 2.24. The average molecular weight is 145 g/mol. The van der Waals surface area contributed by atoms with Gasteiger partial charge in [0.1, 0.15) is 12.4 Å². The van der Waals surface area contributed by atoms with Gasteiger partial charge in [0.05, 0.1) is 0 Å². The molecule has 2 nitrogen and oxygen atoms in total. The van der Waals surface area contributed by atoms with Crippen LogP contribution in [0.5, 0.6) is 0 Å². The van der Waals surface area contributed by atoms with Crippen molar-refractivity contribution in [1.82, 2.24) is 9.97 Å². The largest absolute Gasteiger partial charge is 0.451 e. The molecular weight excluding hydrogens is 145 g/mol. The molecule has 0 fully saturated rings. The summed E-state index contributed by atoms with van der Waals surface area (Å²) in [7, 11) is 0. The SMILES string of the molecule is FC(F)(F)c1n[c][c][c]n1. The number of nitrogens with zero attached hydrogens (tertiary/aromatic N) is 2. The third-order valence-corrected chi connectivity index (χ3v) is 0.689. The second-order valence-electron chi connectivity index (χ2n) is 1.39. The average Bonchev–Trinajstić information content (AvgIpc) is 1.88. The zero-order valence-corrected chi connectivity index (χ0v) is 4.53. The number of rotatable bonds is 0. The smallest absolute Gasteiger partial charge is 0.222 e. The van der Waals surface area contributed by atoms with Crippen LogP contribution < -0.4 is 0 Å². The van der Waals surface area contributed by atoms with Gasteiger partial charge in [-0.25, -0.2) is 9.97 Å². The molecule has 1 aromatic rings. The van der Waals surface area contributed by atoms with E-state index in [1.165, 1.54) is 0 Å².